The molecule has 176 valence electrons. The number of carbonyl (C=O) groups excluding carboxylic acids is 2. The molecule has 3 N–H and O–H groups in total. The molecule has 2 aromatic carbocycles. The van der Waals surface area contributed by atoms with Gasteiger partial charge in [-0.1, -0.05) is 35.5 Å². The van der Waals surface area contributed by atoms with Crippen LogP contribution in [0.3, 0.4) is 0 Å². The molecule has 2 aromatic heterocycles. The quantitative estimate of drug-likeness (QED) is 0.411. The summed E-state index contributed by atoms with van der Waals surface area (Å²) >= 11 is 0. The van der Waals surface area contributed by atoms with E-state index >= 15 is 0 Å². The van der Waals surface area contributed by atoms with Crippen molar-refractivity contribution >= 4 is 23.2 Å². The van der Waals surface area contributed by atoms with Crippen LogP contribution < -0.4 is 15.8 Å². The minimum atomic E-state index is -0.467. The number of primary amides is 1. The first-order valence-corrected chi connectivity index (χ1v) is 11.1. The van der Waals surface area contributed by atoms with Crippen LogP contribution in [0.4, 0.5) is 0 Å². The second-order valence-electron chi connectivity index (χ2n) is 8.13. The molecule has 35 heavy (non-hydrogen) atoms. The Balaban J connectivity index is 1.14. The standard InChI is InChI=1S/C26H23N5O4/c27-25(32)18-7-5-17(6-8-18)22-3-1-2-4-23(22)34-16-21-13-20(30-35-21)14-29-26(33)19-9-10-24-28-11-12-31(24)15-19/h1-12,15,21H,13-14,16H2,(H2,27,32)(H,29,33). The highest BCUT2D eigenvalue weighted by Crippen LogP contribution is 2.30. The van der Waals surface area contributed by atoms with Crippen molar-refractivity contribution < 1.29 is 19.2 Å². The van der Waals surface area contributed by atoms with Crippen molar-refractivity contribution in [1.82, 2.24) is 14.7 Å². The molecule has 5 rings (SSSR count). The number of para-hydroxylation sites is 1. The molecule has 9 heteroatoms. The SMILES string of the molecule is NC(=O)c1ccc(-c2ccccc2OCC2CC(CNC(=O)c3ccc4nccn4c3)=NO2)cc1. The van der Waals surface area contributed by atoms with Crippen molar-refractivity contribution in [2.24, 2.45) is 10.9 Å². The minimum Gasteiger partial charge on any atom is -0.489 e. The number of nitrogens with one attached hydrogen (secondary N) is 1. The van der Waals surface area contributed by atoms with Gasteiger partial charge in [-0.25, -0.2) is 4.98 Å². The van der Waals surface area contributed by atoms with Crippen LogP contribution in [0.15, 0.2) is 84.4 Å². The van der Waals surface area contributed by atoms with E-state index in [9.17, 15) is 9.59 Å². The van der Waals surface area contributed by atoms with E-state index in [1.807, 2.05) is 36.4 Å². The van der Waals surface area contributed by atoms with Crippen LogP contribution in [-0.4, -0.2) is 46.2 Å². The number of amides is 2. The molecule has 1 aliphatic rings. The summed E-state index contributed by atoms with van der Waals surface area (Å²) in [4.78, 5) is 33.5. The van der Waals surface area contributed by atoms with Crippen LogP contribution in [0.1, 0.15) is 27.1 Å². The molecule has 0 bridgehead atoms. The zero-order chi connectivity index (χ0) is 24.2. The first kappa shape index (κ1) is 22.1. The molecule has 3 heterocycles. The van der Waals surface area contributed by atoms with Crippen LogP contribution in [0.2, 0.25) is 0 Å². The number of nitrogens with two attached hydrogens (primary N) is 1. The van der Waals surface area contributed by atoms with Gasteiger partial charge in [-0.2, -0.15) is 0 Å². The highest BCUT2D eigenvalue weighted by Gasteiger charge is 2.23. The summed E-state index contributed by atoms with van der Waals surface area (Å²) in [5, 5.41) is 6.98. The van der Waals surface area contributed by atoms with Gasteiger partial charge in [0.1, 0.15) is 18.0 Å². The lowest BCUT2D eigenvalue weighted by molar-refractivity contribution is 0.0472. The maximum atomic E-state index is 12.5. The van der Waals surface area contributed by atoms with E-state index in [1.54, 1.807) is 47.3 Å². The van der Waals surface area contributed by atoms with Crippen LogP contribution in [0, 0.1) is 0 Å². The van der Waals surface area contributed by atoms with E-state index in [1.165, 1.54) is 0 Å². The normalized spacial score (nSPS) is 14.9. The van der Waals surface area contributed by atoms with Gasteiger partial charge in [-0.3, -0.25) is 9.59 Å². The van der Waals surface area contributed by atoms with Crippen molar-refractivity contribution in [3.63, 3.8) is 0 Å². The van der Waals surface area contributed by atoms with Gasteiger partial charge >= 0.3 is 0 Å². The van der Waals surface area contributed by atoms with Gasteiger partial charge in [0.25, 0.3) is 5.91 Å². The fourth-order valence-corrected chi connectivity index (χ4v) is 3.85. The van der Waals surface area contributed by atoms with E-state index in [-0.39, 0.29) is 12.0 Å². The number of ether oxygens (including phenoxy) is 1. The van der Waals surface area contributed by atoms with Crippen LogP contribution in [0.5, 0.6) is 5.75 Å². The summed E-state index contributed by atoms with van der Waals surface area (Å²) in [5.41, 5.74) is 9.64. The van der Waals surface area contributed by atoms with Gasteiger partial charge in [0, 0.05) is 36.1 Å². The predicted octanol–water partition coefficient (Wildman–Crippen LogP) is 3.05. The number of fused-ring (bicyclic) bond motifs is 1. The van der Waals surface area contributed by atoms with Gasteiger partial charge in [-0.05, 0) is 35.9 Å². The highest BCUT2D eigenvalue weighted by atomic mass is 16.7. The van der Waals surface area contributed by atoms with Crippen LogP contribution in [0.25, 0.3) is 16.8 Å². The van der Waals surface area contributed by atoms with E-state index in [0.717, 1.165) is 22.5 Å². The molecule has 0 saturated heterocycles. The molecule has 1 aliphatic heterocycles. The van der Waals surface area contributed by atoms with E-state index in [0.29, 0.717) is 36.4 Å². The third-order valence-corrected chi connectivity index (χ3v) is 5.69. The van der Waals surface area contributed by atoms with Crippen molar-refractivity contribution in [2.45, 2.75) is 12.5 Å². The van der Waals surface area contributed by atoms with Gasteiger partial charge < -0.3 is 25.0 Å². The number of nitrogens with zero attached hydrogens (tertiary/aromatic N) is 3. The Labute approximate surface area is 201 Å². The van der Waals surface area contributed by atoms with Crippen molar-refractivity contribution in [1.29, 1.82) is 0 Å². The molecule has 0 saturated carbocycles. The summed E-state index contributed by atoms with van der Waals surface area (Å²) in [7, 11) is 0. The molecular weight excluding hydrogens is 446 g/mol. The highest BCUT2D eigenvalue weighted by molar-refractivity contribution is 5.98. The largest absolute Gasteiger partial charge is 0.489 e. The lowest BCUT2D eigenvalue weighted by Gasteiger charge is -2.14. The number of oxime groups is 1. The van der Waals surface area contributed by atoms with Crippen molar-refractivity contribution in [2.75, 3.05) is 13.2 Å². The molecule has 1 atom stereocenters. The second-order valence-corrected chi connectivity index (χ2v) is 8.13. The molecule has 1 unspecified atom stereocenters. The summed E-state index contributed by atoms with van der Waals surface area (Å²) in [6.45, 7) is 0.592. The Kier molecular flexibility index (Phi) is 6.13. The Morgan fingerprint density at radius 3 is 2.71 bits per heavy atom. The maximum Gasteiger partial charge on any atom is 0.253 e. The molecule has 0 spiro atoms. The number of pyridine rings is 1. The fourth-order valence-electron chi connectivity index (χ4n) is 3.85. The van der Waals surface area contributed by atoms with Crippen LogP contribution >= 0.6 is 0 Å². The van der Waals surface area contributed by atoms with E-state index in [2.05, 4.69) is 15.5 Å². The third kappa shape index (κ3) is 4.98. The number of rotatable bonds is 8. The average molecular weight is 470 g/mol. The lowest BCUT2D eigenvalue weighted by Crippen LogP contribution is -2.30. The molecule has 0 radical (unpaired) electrons. The number of aromatic nitrogens is 2. The Morgan fingerprint density at radius 1 is 1.09 bits per heavy atom. The lowest BCUT2D eigenvalue weighted by atomic mass is 10.0. The Hall–Kier alpha value is -4.66. The van der Waals surface area contributed by atoms with E-state index in [4.69, 9.17) is 15.3 Å². The molecule has 0 aliphatic carbocycles. The number of benzene rings is 2. The smallest absolute Gasteiger partial charge is 0.253 e. The van der Waals surface area contributed by atoms with Gasteiger partial charge in [-0.15, -0.1) is 0 Å². The predicted molar refractivity (Wildman–Crippen MR) is 130 cm³/mol. The molecule has 4 aromatic rings. The van der Waals surface area contributed by atoms with E-state index < -0.39 is 5.91 Å². The summed E-state index contributed by atoms with van der Waals surface area (Å²) in [5.74, 6) is 0.0320. The zero-order valence-electron chi connectivity index (χ0n) is 18.8. The van der Waals surface area contributed by atoms with Gasteiger partial charge in [0.2, 0.25) is 5.91 Å². The monoisotopic (exact) mass is 469 g/mol. The first-order valence-electron chi connectivity index (χ1n) is 11.1. The maximum absolute atomic E-state index is 12.5. The molecule has 2 amide bonds. The summed E-state index contributed by atoms with van der Waals surface area (Å²) in [6, 6.07) is 18.2. The summed E-state index contributed by atoms with van der Waals surface area (Å²) < 4.78 is 7.84. The van der Waals surface area contributed by atoms with Crippen LogP contribution in [-0.2, 0) is 4.84 Å². The average Bonchev–Trinajstić information content (AvgIpc) is 3.55. The topological polar surface area (TPSA) is 120 Å². The molecular formula is C26H23N5O4. The number of carbonyl (C=O) groups is 2. The second kappa shape index (κ2) is 9.68. The molecule has 0 fully saturated rings. The minimum absolute atomic E-state index is 0.195. The Bertz CT molecular complexity index is 1410. The van der Waals surface area contributed by atoms with Gasteiger partial charge in [0.05, 0.1) is 17.8 Å². The van der Waals surface area contributed by atoms with Gasteiger partial charge in [0.15, 0.2) is 6.10 Å². The van der Waals surface area contributed by atoms with Crippen molar-refractivity contribution in [3.05, 3.63) is 90.4 Å². The number of imidazole rings is 1. The fraction of sp³-hybridized carbons (Fsp3) is 0.154. The van der Waals surface area contributed by atoms with Crippen molar-refractivity contribution in [3.8, 4) is 16.9 Å². The summed E-state index contributed by atoms with van der Waals surface area (Å²) in [6.07, 6.45) is 5.51. The number of hydrogen-bond acceptors (Lipinski definition) is 6. The third-order valence-electron chi connectivity index (χ3n) is 5.69. The molecule has 9 nitrogen and oxygen atoms in total. The number of hydrogen-bond donors (Lipinski definition) is 2. The Morgan fingerprint density at radius 2 is 1.89 bits per heavy atom. The zero-order valence-corrected chi connectivity index (χ0v) is 18.8. The first-order chi connectivity index (χ1) is 17.1.